The molecule has 0 saturated heterocycles. The fourth-order valence-electron chi connectivity index (χ4n) is 4.91. The summed E-state index contributed by atoms with van der Waals surface area (Å²) in [6.07, 6.45) is 11.1. The molecule has 1 N–H and O–H groups in total. The first-order chi connectivity index (χ1) is 9.97. The first-order valence-electron chi connectivity index (χ1n) is 9.42. The first-order valence-corrected chi connectivity index (χ1v) is 9.42. The average molecular weight is 295 g/mol. The van der Waals surface area contributed by atoms with E-state index in [0.717, 1.165) is 18.0 Å². The minimum absolute atomic E-state index is 0.435. The molecule has 4 atom stereocenters. The van der Waals surface area contributed by atoms with Gasteiger partial charge in [0.25, 0.3) is 0 Å². The Kier molecular flexibility index (Phi) is 6.14. The largest absolute Gasteiger partial charge is 0.312 e. The smallest absolute Gasteiger partial charge is 0.0274 e. The Morgan fingerprint density at radius 2 is 1.71 bits per heavy atom. The Morgan fingerprint density at radius 3 is 2.38 bits per heavy atom. The topological polar surface area (TPSA) is 15.3 Å². The highest BCUT2D eigenvalue weighted by atomic mass is 15.2. The number of rotatable bonds is 5. The minimum Gasteiger partial charge on any atom is -0.312 e. The summed E-state index contributed by atoms with van der Waals surface area (Å²) in [5, 5.41) is 3.90. The lowest BCUT2D eigenvalue weighted by Gasteiger charge is -2.51. The summed E-state index contributed by atoms with van der Waals surface area (Å²) >= 11 is 0. The highest BCUT2D eigenvalue weighted by molar-refractivity contribution is 4.99. The zero-order valence-electron chi connectivity index (χ0n) is 15.1. The minimum atomic E-state index is 0.435. The molecule has 0 aliphatic heterocycles. The Morgan fingerprint density at radius 1 is 1.05 bits per heavy atom. The van der Waals surface area contributed by atoms with Crippen molar-refractivity contribution in [1.82, 2.24) is 10.2 Å². The second-order valence-electron chi connectivity index (χ2n) is 8.37. The van der Waals surface area contributed by atoms with Crippen molar-refractivity contribution >= 4 is 0 Å². The average Bonchev–Trinajstić information content (AvgIpc) is 2.45. The molecule has 0 aromatic rings. The van der Waals surface area contributed by atoms with Crippen molar-refractivity contribution in [1.29, 1.82) is 0 Å². The van der Waals surface area contributed by atoms with Gasteiger partial charge in [-0.1, -0.05) is 47.0 Å². The standard InChI is InChI=1S/C19H38N2/c1-6-14-20-18-17(12-9-13-19(18,3)4)21(5)16-11-8-7-10-15(16)2/h15-18,20H,6-14H2,1-5H3. The van der Waals surface area contributed by atoms with Crippen molar-refractivity contribution in [3.63, 3.8) is 0 Å². The SMILES string of the molecule is CCCNC1C(N(C)C2CCCCC2C)CCCC1(C)C. The lowest BCUT2D eigenvalue weighted by atomic mass is 9.69. The van der Waals surface area contributed by atoms with Crippen LogP contribution < -0.4 is 5.32 Å². The van der Waals surface area contributed by atoms with E-state index in [-0.39, 0.29) is 0 Å². The molecule has 0 bridgehead atoms. The molecule has 2 fully saturated rings. The number of hydrogen-bond acceptors (Lipinski definition) is 2. The van der Waals surface area contributed by atoms with E-state index in [0.29, 0.717) is 11.5 Å². The van der Waals surface area contributed by atoms with Crippen molar-refractivity contribution in [2.24, 2.45) is 11.3 Å². The summed E-state index contributed by atoms with van der Waals surface area (Å²) < 4.78 is 0. The van der Waals surface area contributed by atoms with Gasteiger partial charge in [-0.3, -0.25) is 4.90 Å². The van der Waals surface area contributed by atoms with Gasteiger partial charge in [0.2, 0.25) is 0 Å². The molecule has 2 saturated carbocycles. The molecule has 0 aromatic carbocycles. The number of nitrogens with one attached hydrogen (secondary N) is 1. The van der Waals surface area contributed by atoms with Crippen LogP contribution >= 0.6 is 0 Å². The third-order valence-corrected chi connectivity index (χ3v) is 6.27. The van der Waals surface area contributed by atoms with E-state index in [4.69, 9.17) is 0 Å². The van der Waals surface area contributed by atoms with Crippen molar-refractivity contribution in [3.8, 4) is 0 Å². The lowest BCUT2D eigenvalue weighted by Crippen LogP contribution is -2.60. The van der Waals surface area contributed by atoms with E-state index in [9.17, 15) is 0 Å². The van der Waals surface area contributed by atoms with Crippen LogP contribution in [0.3, 0.4) is 0 Å². The van der Waals surface area contributed by atoms with Crippen molar-refractivity contribution in [2.75, 3.05) is 13.6 Å². The zero-order valence-corrected chi connectivity index (χ0v) is 15.1. The van der Waals surface area contributed by atoms with Gasteiger partial charge in [0, 0.05) is 18.1 Å². The van der Waals surface area contributed by atoms with Crippen LogP contribution in [0.2, 0.25) is 0 Å². The van der Waals surface area contributed by atoms with Crippen LogP contribution in [-0.4, -0.2) is 36.6 Å². The molecular formula is C19H38N2. The molecule has 0 aromatic heterocycles. The Hall–Kier alpha value is -0.0800. The van der Waals surface area contributed by atoms with Gasteiger partial charge in [0.1, 0.15) is 0 Å². The maximum Gasteiger partial charge on any atom is 0.0274 e. The molecular weight excluding hydrogens is 256 g/mol. The van der Waals surface area contributed by atoms with Crippen molar-refractivity contribution in [2.45, 2.75) is 97.2 Å². The van der Waals surface area contributed by atoms with Gasteiger partial charge in [-0.25, -0.2) is 0 Å². The van der Waals surface area contributed by atoms with Gasteiger partial charge in [0.05, 0.1) is 0 Å². The zero-order chi connectivity index (χ0) is 15.5. The molecule has 2 rings (SSSR count). The molecule has 0 radical (unpaired) electrons. The number of likely N-dealkylation sites (N-methyl/N-ethyl adjacent to an activating group) is 1. The monoisotopic (exact) mass is 294 g/mol. The second-order valence-corrected chi connectivity index (χ2v) is 8.37. The Balaban J connectivity index is 2.09. The molecule has 4 unspecified atom stereocenters. The van der Waals surface area contributed by atoms with E-state index in [1.807, 2.05) is 0 Å². The van der Waals surface area contributed by atoms with E-state index in [1.165, 1.54) is 57.9 Å². The molecule has 2 aliphatic carbocycles. The fraction of sp³-hybridized carbons (Fsp3) is 1.00. The van der Waals surface area contributed by atoms with Crippen LogP contribution in [0.25, 0.3) is 0 Å². The third-order valence-electron chi connectivity index (χ3n) is 6.27. The Bertz CT molecular complexity index is 313. The predicted octanol–water partition coefficient (Wildman–Crippen LogP) is 4.44. The molecule has 21 heavy (non-hydrogen) atoms. The quantitative estimate of drug-likeness (QED) is 0.806. The second kappa shape index (κ2) is 7.46. The van der Waals surface area contributed by atoms with Crippen molar-refractivity contribution < 1.29 is 0 Å². The molecule has 0 spiro atoms. The van der Waals surface area contributed by atoms with Crippen LogP contribution in [-0.2, 0) is 0 Å². The fourth-order valence-corrected chi connectivity index (χ4v) is 4.91. The summed E-state index contributed by atoms with van der Waals surface area (Å²) in [5.41, 5.74) is 0.435. The van der Waals surface area contributed by atoms with Gasteiger partial charge in [-0.15, -0.1) is 0 Å². The summed E-state index contributed by atoms with van der Waals surface area (Å²) in [6.45, 7) is 10.9. The Labute approximate surface area is 133 Å². The highest BCUT2D eigenvalue weighted by Gasteiger charge is 2.42. The van der Waals surface area contributed by atoms with Crippen molar-refractivity contribution in [3.05, 3.63) is 0 Å². The summed E-state index contributed by atoms with van der Waals surface area (Å²) in [4.78, 5) is 2.78. The highest BCUT2D eigenvalue weighted by Crippen LogP contribution is 2.40. The van der Waals surface area contributed by atoms with Crippen LogP contribution in [0.5, 0.6) is 0 Å². The number of hydrogen-bond donors (Lipinski definition) is 1. The molecule has 0 amide bonds. The summed E-state index contributed by atoms with van der Waals surface area (Å²) in [7, 11) is 2.42. The van der Waals surface area contributed by atoms with Crippen LogP contribution in [0.4, 0.5) is 0 Å². The molecule has 2 nitrogen and oxygen atoms in total. The summed E-state index contributed by atoms with van der Waals surface area (Å²) in [5.74, 6) is 0.876. The molecule has 2 heteroatoms. The maximum absolute atomic E-state index is 3.90. The van der Waals surface area contributed by atoms with Gasteiger partial charge >= 0.3 is 0 Å². The van der Waals surface area contributed by atoms with Gasteiger partial charge in [-0.2, -0.15) is 0 Å². The normalized spacial score (nSPS) is 36.9. The molecule has 124 valence electrons. The van der Waals surface area contributed by atoms with Crippen LogP contribution in [0.1, 0.15) is 79.1 Å². The number of nitrogens with zero attached hydrogens (tertiary/aromatic N) is 1. The van der Waals surface area contributed by atoms with Gasteiger partial charge in [-0.05, 0) is 57.0 Å². The van der Waals surface area contributed by atoms with E-state index in [2.05, 4.69) is 45.0 Å². The van der Waals surface area contributed by atoms with Gasteiger partial charge in [0.15, 0.2) is 0 Å². The van der Waals surface area contributed by atoms with E-state index in [1.54, 1.807) is 0 Å². The van der Waals surface area contributed by atoms with Crippen LogP contribution in [0, 0.1) is 11.3 Å². The van der Waals surface area contributed by atoms with Gasteiger partial charge < -0.3 is 5.32 Å². The molecule has 2 aliphatic rings. The molecule has 0 heterocycles. The maximum atomic E-state index is 3.90. The van der Waals surface area contributed by atoms with Crippen LogP contribution in [0.15, 0.2) is 0 Å². The van der Waals surface area contributed by atoms with E-state index < -0.39 is 0 Å². The predicted molar refractivity (Wildman–Crippen MR) is 92.7 cm³/mol. The summed E-state index contributed by atoms with van der Waals surface area (Å²) in [6, 6.07) is 2.19. The lowest BCUT2D eigenvalue weighted by molar-refractivity contribution is 0.0144. The first kappa shape index (κ1) is 17.3. The van der Waals surface area contributed by atoms with E-state index >= 15 is 0 Å². The third kappa shape index (κ3) is 4.01.